The van der Waals surface area contributed by atoms with Crippen LogP contribution in [0.25, 0.3) is 0 Å². The van der Waals surface area contributed by atoms with Crippen LogP contribution < -0.4 is 4.74 Å². The van der Waals surface area contributed by atoms with E-state index in [0.717, 1.165) is 17.0 Å². The van der Waals surface area contributed by atoms with Gasteiger partial charge in [0.05, 0.1) is 6.54 Å². The Bertz CT molecular complexity index is 754. The van der Waals surface area contributed by atoms with Crippen LogP contribution in [0.4, 0.5) is 0 Å². The Morgan fingerprint density at radius 1 is 1.29 bits per heavy atom. The molecule has 1 aromatic carbocycles. The van der Waals surface area contributed by atoms with E-state index in [2.05, 4.69) is 4.98 Å². The first-order chi connectivity index (χ1) is 9.79. The average molecular weight is 329 g/mol. The largest absolute Gasteiger partial charge is 0.490 e. The van der Waals surface area contributed by atoms with E-state index in [9.17, 15) is 8.42 Å². The summed E-state index contributed by atoms with van der Waals surface area (Å²) in [6.07, 6.45) is 3.56. The first-order valence-corrected chi connectivity index (χ1v) is 8.76. The van der Waals surface area contributed by atoms with E-state index < -0.39 is 9.05 Å². The number of aryl methyl sites for hydroxylation is 3. The molecule has 0 fully saturated rings. The molecule has 0 aliphatic rings. The summed E-state index contributed by atoms with van der Waals surface area (Å²) in [6.45, 7) is 6.43. The molecule has 2 aromatic rings. The van der Waals surface area contributed by atoms with E-state index in [-0.39, 0.29) is 4.90 Å². The van der Waals surface area contributed by atoms with Gasteiger partial charge in [0.2, 0.25) is 0 Å². The molecule has 0 aliphatic heterocycles. The molecule has 1 heterocycles. The molecule has 114 valence electrons. The van der Waals surface area contributed by atoms with Crippen LogP contribution in [-0.4, -0.2) is 24.6 Å². The highest BCUT2D eigenvalue weighted by atomic mass is 35.7. The van der Waals surface area contributed by atoms with Gasteiger partial charge in [-0.25, -0.2) is 13.4 Å². The van der Waals surface area contributed by atoms with Gasteiger partial charge in [0.1, 0.15) is 23.1 Å². The van der Waals surface area contributed by atoms with Crippen molar-refractivity contribution in [3.05, 3.63) is 41.5 Å². The number of rotatable bonds is 5. The summed E-state index contributed by atoms with van der Waals surface area (Å²) >= 11 is 0. The standard InChI is InChI=1S/C14H17ClN2O3S/c1-10-8-11(2)14(13(9-10)21(15,18)19)20-7-6-17-5-4-16-12(17)3/h4-5,8-9H,6-7H2,1-3H3. The zero-order valence-corrected chi connectivity index (χ0v) is 13.7. The first kappa shape index (κ1) is 15.9. The molecule has 0 unspecified atom stereocenters. The molecule has 0 saturated heterocycles. The molecule has 7 heteroatoms. The molecule has 0 atom stereocenters. The summed E-state index contributed by atoms with van der Waals surface area (Å²) in [5.74, 6) is 1.19. The fourth-order valence-electron chi connectivity index (χ4n) is 2.17. The number of aromatic nitrogens is 2. The lowest BCUT2D eigenvalue weighted by molar-refractivity contribution is 0.288. The number of benzene rings is 1. The predicted molar refractivity (Wildman–Crippen MR) is 81.4 cm³/mol. The molecule has 0 saturated carbocycles. The second kappa shape index (κ2) is 6.07. The van der Waals surface area contributed by atoms with E-state index in [4.69, 9.17) is 15.4 Å². The average Bonchev–Trinajstić information content (AvgIpc) is 2.76. The Balaban J connectivity index is 2.22. The van der Waals surface area contributed by atoms with Crippen molar-refractivity contribution in [2.75, 3.05) is 6.61 Å². The zero-order valence-electron chi connectivity index (χ0n) is 12.1. The molecule has 2 rings (SSSR count). The quantitative estimate of drug-likeness (QED) is 0.792. The van der Waals surface area contributed by atoms with Crippen LogP contribution in [0.2, 0.25) is 0 Å². The Labute approximate surface area is 128 Å². The molecule has 1 aromatic heterocycles. The maximum absolute atomic E-state index is 11.7. The second-order valence-electron chi connectivity index (χ2n) is 4.86. The molecule has 0 N–H and O–H groups in total. The summed E-state index contributed by atoms with van der Waals surface area (Å²) in [5, 5.41) is 0. The van der Waals surface area contributed by atoms with Gasteiger partial charge in [0.25, 0.3) is 9.05 Å². The number of imidazole rings is 1. The van der Waals surface area contributed by atoms with E-state index in [1.165, 1.54) is 6.07 Å². The third-order valence-electron chi connectivity index (χ3n) is 3.15. The maximum Gasteiger partial charge on any atom is 0.265 e. The minimum Gasteiger partial charge on any atom is -0.490 e. The van der Waals surface area contributed by atoms with E-state index >= 15 is 0 Å². The third kappa shape index (κ3) is 3.77. The van der Waals surface area contributed by atoms with Crippen LogP contribution in [0.5, 0.6) is 5.75 Å². The van der Waals surface area contributed by atoms with Crippen LogP contribution in [-0.2, 0) is 15.6 Å². The SMILES string of the molecule is Cc1cc(C)c(OCCn2ccnc2C)c(S(=O)(=O)Cl)c1. The fourth-order valence-corrected chi connectivity index (χ4v) is 3.28. The van der Waals surface area contributed by atoms with E-state index in [1.807, 2.05) is 30.7 Å². The molecule has 5 nitrogen and oxygen atoms in total. The predicted octanol–water partition coefficient (Wildman–Crippen LogP) is 2.81. The monoisotopic (exact) mass is 328 g/mol. The fraction of sp³-hybridized carbons (Fsp3) is 0.357. The lowest BCUT2D eigenvalue weighted by Crippen LogP contribution is -2.11. The van der Waals surface area contributed by atoms with E-state index in [0.29, 0.717) is 18.9 Å². The van der Waals surface area contributed by atoms with Gasteiger partial charge in [-0.05, 0) is 38.0 Å². The number of ether oxygens (including phenoxy) is 1. The molecule has 0 radical (unpaired) electrons. The van der Waals surface area contributed by atoms with Crippen molar-refractivity contribution >= 4 is 19.7 Å². The minimum atomic E-state index is -3.84. The number of hydrogen-bond donors (Lipinski definition) is 0. The topological polar surface area (TPSA) is 61.2 Å². The summed E-state index contributed by atoms with van der Waals surface area (Å²) in [7, 11) is 1.65. The van der Waals surface area contributed by atoms with Crippen molar-refractivity contribution in [2.45, 2.75) is 32.2 Å². The van der Waals surface area contributed by atoms with Crippen molar-refractivity contribution < 1.29 is 13.2 Å². The van der Waals surface area contributed by atoms with Crippen molar-refractivity contribution in [1.29, 1.82) is 0 Å². The Morgan fingerprint density at radius 2 is 2.00 bits per heavy atom. The van der Waals surface area contributed by atoms with Gasteiger partial charge in [-0.15, -0.1) is 0 Å². The van der Waals surface area contributed by atoms with Gasteiger partial charge in [0, 0.05) is 23.1 Å². The van der Waals surface area contributed by atoms with Crippen LogP contribution >= 0.6 is 10.7 Å². The summed E-state index contributed by atoms with van der Waals surface area (Å²) < 4.78 is 30.9. The molecular weight excluding hydrogens is 312 g/mol. The van der Waals surface area contributed by atoms with Gasteiger partial charge >= 0.3 is 0 Å². The molecule has 0 bridgehead atoms. The van der Waals surface area contributed by atoms with Gasteiger partial charge < -0.3 is 9.30 Å². The highest BCUT2D eigenvalue weighted by Crippen LogP contribution is 2.31. The summed E-state index contributed by atoms with van der Waals surface area (Å²) in [5.41, 5.74) is 1.57. The molecular formula is C14H17ClN2O3S. The summed E-state index contributed by atoms with van der Waals surface area (Å²) in [6, 6.07) is 3.39. The van der Waals surface area contributed by atoms with Crippen LogP contribution in [0.3, 0.4) is 0 Å². The van der Waals surface area contributed by atoms with Gasteiger partial charge in [-0.1, -0.05) is 6.07 Å². The van der Waals surface area contributed by atoms with Crippen molar-refractivity contribution in [2.24, 2.45) is 0 Å². The molecule has 21 heavy (non-hydrogen) atoms. The van der Waals surface area contributed by atoms with Gasteiger partial charge in [0.15, 0.2) is 0 Å². The van der Waals surface area contributed by atoms with Crippen molar-refractivity contribution in [3.8, 4) is 5.75 Å². The Morgan fingerprint density at radius 3 is 2.57 bits per heavy atom. The first-order valence-electron chi connectivity index (χ1n) is 6.45. The maximum atomic E-state index is 11.7. The lowest BCUT2D eigenvalue weighted by Gasteiger charge is -2.14. The molecule has 0 spiro atoms. The molecule has 0 aliphatic carbocycles. The second-order valence-corrected chi connectivity index (χ2v) is 7.40. The van der Waals surface area contributed by atoms with Crippen LogP contribution in [0, 0.1) is 20.8 Å². The molecule has 0 amide bonds. The minimum absolute atomic E-state index is 0.0176. The van der Waals surface area contributed by atoms with E-state index in [1.54, 1.807) is 13.1 Å². The lowest BCUT2D eigenvalue weighted by atomic mass is 10.1. The van der Waals surface area contributed by atoms with Gasteiger partial charge in [-0.3, -0.25) is 0 Å². The highest BCUT2D eigenvalue weighted by Gasteiger charge is 2.19. The number of hydrogen-bond acceptors (Lipinski definition) is 4. The Hall–Kier alpha value is -1.53. The van der Waals surface area contributed by atoms with Crippen molar-refractivity contribution in [1.82, 2.24) is 9.55 Å². The smallest absolute Gasteiger partial charge is 0.265 e. The van der Waals surface area contributed by atoms with Crippen molar-refractivity contribution in [3.63, 3.8) is 0 Å². The highest BCUT2D eigenvalue weighted by molar-refractivity contribution is 8.13. The van der Waals surface area contributed by atoms with Gasteiger partial charge in [-0.2, -0.15) is 0 Å². The number of nitrogens with zero attached hydrogens (tertiary/aromatic N) is 2. The summed E-state index contributed by atoms with van der Waals surface area (Å²) in [4.78, 5) is 4.14. The normalized spacial score (nSPS) is 11.6. The number of halogens is 1. The third-order valence-corrected chi connectivity index (χ3v) is 4.48. The Kier molecular flexibility index (Phi) is 4.58. The van der Waals surface area contributed by atoms with Crippen LogP contribution in [0.15, 0.2) is 29.4 Å². The zero-order chi connectivity index (χ0) is 15.6. The van der Waals surface area contributed by atoms with Crippen LogP contribution in [0.1, 0.15) is 17.0 Å².